The van der Waals surface area contributed by atoms with Crippen molar-refractivity contribution in [3.63, 3.8) is 0 Å². The summed E-state index contributed by atoms with van der Waals surface area (Å²) in [5, 5.41) is 0. The molecule has 0 spiro atoms. The van der Waals surface area contributed by atoms with Crippen LogP contribution in [0.15, 0.2) is 0 Å². The molecule has 0 radical (unpaired) electrons. The number of carbonyl (C=O) groups excluding carboxylic acids is 3. The lowest BCUT2D eigenvalue weighted by Crippen LogP contribution is -2.43. The molecule has 0 N–H and O–H groups in total. The number of carbonyl (C=O) groups is 3. The predicted octanol–water partition coefficient (Wildman–Crippen LogP) is 2.17. The Morgan fingerprint density at radius 2 is 1.70 bits per heavy atom. The fraction of sp³-hybridized carbons (Fsp3) is 0.800. The molecule has 0 rings (SSSR count). The largest absolute Gasteiger partial charge is 0.466 e. The average molecular weight is 286 g/mol. The molecule has 0 amide bonds. The van der Waals surface area contributed by atoms with E-state index in [2.05, 4.69) is 0 Å². The van der Waals surface area contributed by atoms with Gasteiger partial charge in [-0.05, 0) is 27.2 Å². The minimum atomic E-state index is -1.04. The second-order valence-electron chi connectivity index (χ2n) is 5.53. The zero-order valence-electron chi connectivity index (χ0n) is 13.3. The molecule has 0 aliphatic heterocycles. The molecule has 1 unspecified atom stereocenters. The van der Waals surface area contributed by atoms with Crippen molar-refractivity contribution in [2.45, 2.75) is 53.1 Å². The molecular formula is C15H26O5. The zero-order chi connectivity index (χ0) is 15.9. The van der Waals surface area contributed by atoms with E-state index in [1.165, 1.54) is 7.11 Å². The summed E-state index contributed by atoms with van der Waals surface area (Å²) in [5.74, 6) is -1.93. The van der Waals surface area contributed by atoms with Gasteiger partial charge in [-0.15, -0.1) is 0 Å². The van der Waals surface area contributed by atoms with Crippen molar-refractivity contribution in [2.75, 3.05) is 13.7 Å². The van der Waals surface area contributed by atoms with Gasteiger partial charge >= 0.3 is 5.97 Å². The van der Waals surface area contributed by atoms with Crippen LogP contribution in [0.1, 0.15) is 47.5 Å². The third-order valence-corrected chi connectivity index (χ3v) is 3.28. The maximum atomic E-state index is 12.4. The smallest absolute Gasteiger partial charge is 0.305 e. The summed E-state index contributed by atoms with van der Waals surface area (Å²) in [6.07, 6.45) is 0.226. The molecule has 0 aromatic carbocycles. The van der Waals surface area contributed by atoms with Crippen LogP contribution in [0.2, 0.25) is 0 Å². The summed E-state index contributed by atoms with van der Waals surface area (Å²) in [6.45, 7) is 8.74. The molecule has 5 heteroatoms. The van der Waals surface area contributed by atoms with Gasteiger partial charge < -0.3 is 9.47 Å². The molecule has 0 aromatic rings. The highest BCUT2D eigenvalue weighted by Crippen LogP contribution is 2.23. The van der Waals surface area contributed by atoms with Crippen LogP contribution in [-0.2, 0) is 23.9 Å². The maximum Gasteiger partial charge on any atom is 0.305 e. The van der Waals surface area contributed by atoms with Crippen molar-refractivity contribution < 1.29 is 23.9 Å². The number of hydrogen-bond donors (Lipinski definition) is 0. The number of ketones is 2. The molecule has 0 bridgehead atoms. The molecule has 20 heavy (non-hydrogen) atoms. The van der Waals surface area contributed by atoms with E-state index in [9.17, 15) is 14.4 Å². The Labute approximate surface area is 121 Å². The van der Waals surface area contributed by atoms with Gasteiger partial charge in [-0.25, -0.2) is 0 Å². The quantitative estimate of drug-likeness (QED) is 0.480. The highest BCUT2D eigenvalue weighted by atomic mass is 16.5. The number of ether oxygens (including phenoxy) is 2. The molecule has 0 aliphatic rings. The van der Waals surface area contributed by atoms with Crippen LogP contribution >= 0.6 is 0 Å². The van der Waals surface area contributed by atoms with Crippen molar-refractivity contribution in [3.8, 4) is 0 Å². The van der Waals surface area contributed by atoms with E-state index in [0.717, 1.165) is 0 Å². The predicted molar refractivity (Wildman–Crippen MR) is 75.3 cm³/mol. The maximum absolute atomic E-state index is 12.4. The minimum Gasteiger partial charge on any atom is -0.466 e. The normalized spacial score (nSPS) is 13.2. The lowest BCUT2D eigenvalue weighted by Gasteiger charge is -2.27. The fourth-order valence-electron chi connectivity index (χ4n) is 1.82. The monoisotopic (exact) mass is 286 g/mol. The van der Waals surface area contributed by atoms with Crippen LogP contribution in [-0.4, -0.2) is 36.9 Å². The molecule has 0 heterocycles. The van der Waals surface area contributed by atoms with E-state index in [4.69, 9.17) is 9.47 Å². The summed E-state index contributed by atoms with van der Waals surface area (Å²) in [7, 11) is 1.43. The third kappa shape index (κ3) is 5.41. The van der Waals surface area contributed by atoms with Crippen molar-refractivity contribution in [3.05, 3.63) is 0 Å². The van der Waals surface area contributed by atoms with Crippen molar-refractivity contribution in [2.24, 2.45) is 11.8 Å². The minimum absolute atomic E-state index is 0.0580. The van der Waals surface area contributed by atoms with Crippen LogP contribution in [0.5, 0.6) is 0 Å². The first kappa shape index (κ1) is 18.8. The Morgan fingerprint density at radius 3 is 2.10 bits per heavy atom. The van der Waals surface area contributed by atoms with Crippen LogP contribution in [0.4, 0.5) is 0 Å². The van der Waals surface area contributed by atoms with Crippen LogP contribution in [0.3, 0.4) is 0 Å². The van der Waals surface area contributed by atoms with Crippen LogP contribution in [0, 0.1) is 11.8 Å². The number of hydrogen-bond acceptors (Lipinski definition) is 5. The molecule has 1 atom stereocenters. The second-order valence-corrected chi connectivity index (χ2v) is 5.53. The second kappa shape index (κ2) is 8.15. The summed E-state index contributed by atoms with van der Waals surface area (Å²) in [6, 6.07) is 0. The molecule has 0 aromatic heterocycles. The Morgan fingerprint density at radius 1 is 1.15 bits per heavy atom. The first-order valence-electron chi connectivity index (χ1n) is 6.96. The Hall–Kier alpha value is -1.23. The van der Waals surface area contributed by atoms with Crippen molar-refractivity contribution >= 4 is 17.5 Å². The van der Waals surface area contributed by atoms with Gasteiger partial charge in [0, 0.05) is 19.4 Å². The van der Waals surface area contributed by atoms with Gasteiger partial charge in [-0.1, -0.05) is 13.8 Å². The standard InChI is InChI=1S/C15H26O5/c1-7-20-12(16)9-8-11(13(17)10(2)3)14(18)15(4,5)19-6/h10-11H,7-9H2,1-6H3. The SMILES string of the molecule is CCOC(=O)CCC(C(=O)C(C)C)C(=O)C(C)(C)OC. The Kier molecular flexibility index (Phi) is 7.64. The molecule has 5 nitrogen and oxygen atoms in total. The van der Waals surface area contributed by atoms with Gasteiger partial charge in [-0.2, -0.15) is 0 Å². The molecule has 0 fully saturated rings. The van der Waals surface area contributed by atoms with E-state index in [-0.39, 0.29) is 30.3 Å². The third-order valence-electron chi connectivity index (χ3n) is 3.28. The van der Waals surface area contributed by atoms with Gasteiger partial charge in [-0.3, -0.25) is 14.4 Å². The Bertz CT molecular complexity index is 357. The Balaban J connectivity index is 4.97. The number of esters is 1. The first-order valence-corrected chi connectivity index (χ1v) is 6.96. The number of methoxy groups -OCH3 is 1. The molecule has 0 aliphatic carbocycles. The number of rotatable bonds is 9. The molecule has 0 saturated heterocycles. The fourth-order valence-corrected chi connectivity index (χ4v) is 1.82. The highest BCUT2D eigenvalue weighted by Gasteiger charge is 2.38. The van der Waals surface area contributed by atoms with E-state index in [0.29, 0.717) is 6.61 Å². The van der Waals surface area contributed by atoms with Gasteiger partial charge in [0.15, 0.2) is 5.78 Å². The lowest BCUT2D eigenvalue weighted by atomic mass is 9.82. The van der Waals surface area contributed by atoms with E-state index in [1.807, 2.05) is 0 Å². The topological polar surface area (TPSA) is 69.7 Å². The van der Waals surface area contributed by atoms with E-state index >= 15 is 0 Å². The van der Waals surface area contributed by atoms with E-state index in [1.54, 1.807) is 34.6 Å². The van der Waals surface area contributed by atoms with Gasteiger partial charge in [0.1, 0.15) is 11.4 Å². The first-order chi connectivity index (χ1) is 9.17. The van der Waals surface area contributed by atoms with Gasteiger partial charge in [0.05, 0.1) is 12.5 Å². The van der Waals surface area contributed by atoms with Gasteiger partial charge in [0.2, 0.25) is 0 Å². The zero-order valence-corrected chi connectivity index (χ0v) is 13.3. The molecule has 116 valence electrons. The van der Waals surface area contributed by atoms with Gasteiger partial charge in [0.25, 0.3) is 0 Å². The van der Waals surface area contributed by atoms with Crippen molar-refractivity contribution in [1.29, 1.82) is 0 Å². The lowest BCUT2D eigenvalue weighted by molar-refractivity contribution is -0.148. The average Bonchev–Trinajstić information content (AvgIpc) is 2.38. The summed E-state index contributed by atoms with van der Waals surface area (Å²) in [5.41, 5.74) is -1.04. The highest BCUT2D eigenvalue weighted by molar-refractivity contribution is 6.06. The van der Waals surface area contributed by atoms with Crippen molar-refractivity contribution in [1.82, 2.24) is 0 Å². The summed E-state index contributed by atoms with van der Waals surface area (Å²) < 4.78 is 9.98. The summed E-state index contributed by atoms with van der Waals surface area (Å²) >= 11 is 0. The van der Waals surface area contributed by atoms with Crippen LogP contribution in [0.25, 0.3) is 0 Å². The summed E-state index contributed by atoms with van der Waals surface area (Å²) in [4.78, 5) is 36.0. The van der Waals surface area contributed by atoms with E-state index < -0.39 is 17.5 Å². The molecular weight excluding hydrogens is 260 g/mol. The van der Waals surface area contributed by atoms with Crippen LogP contribution < -0.4 is 0 Å². The number of Topliss-reactive ketones (excluding diaryl/α,β-unsaturated/α-hetero) is 2. The molecule has 0 saturated carbocycles.